The molecule has 5 rings (SSSR count). The van der Waals surface area contributed by atoms with Gasteiger partial charge in [0.1, 0.15) is 0 Å². The van der Waals surface area contributed by atoms with E-state index in [1.165, 1.54) is 10.7 Å². The summed E-state index contributed by atoms with van der Waals surface area (Å²) in [6, 6.07) is 18.1. The Morgan fingerprint density at radius 1 is 1.00 bits per heavy atom. The molecule has 0 spiro atoms. The normalized spacial score (nSPS) is 14.3. The zero-order valence-electron chi connectivity index (χ0n) is 22.0. The fourth-order valence-electron chi connectivity index (χ4n) is 4.35. The molecule has 1 aliphatic heterocycles. The molecular weight excluding hydrogens is 498 g/mol. The van der Waals surface area contributed by atoms with Gasteiger partial charge in [0.2, 0.25) is 11.7 Å². The molecule has 2 aromatic carbocycles. The maximum Gasteiger partial charge on any atom is 0.411 e. The van der Waals surface area contributed by atoms with Gasteiger partial charge in [-0.2, -0.15) is 10.1 Å². The molecule has 1 aliphatic rings. The molecule has 0 unspecified atom stereocenters. The summed E-state index contributed by atoms with van der Waals surface area (Å²) in [7, 11) is 2.13. The van der Waals surface area contributed by atoms with Gasteiger partial charge in [-0.1, -0.05) is 41.6 Å². The van der Waals surface area contributed by atoms with E-state index < -0.39 is 6.09 Å². The lowest BCUT2D eigenvalue weighted by Gasteiger charge is -2.31. The molecule has 2 aromatic heterocycles. The Morgan fingerprint density at radius 2 is 1.77 bits per heavy atom. The van der Waals surface area contributed by atoms with Crippen LogP contribution < -0.4 is 10.9 Å². The van der Waals surface area contributed by atoms with Crippen molar-refractivity contribution in [1.82, 2.24) is 29.7 Å². The zero-order valence-corrected chi connectivity index (χ0v) is 22.0. The van der Waals surface area contributed by atoms with Gasteiger partial charge in [0.15, 0.2) is 0 Å². The minimum atomic E-state index is -0.525. The summed E-state index contributed by atoms with van der Waals surface area (Å²) in [5.41, 5.74) is 3.53. The fraction of sp³-hybridized carbons (Fsp3) is 0.321. The zero-order chi connectivity index (χ0) is 27.2. The number of amides is 1. The van der Waals surface area contributed by atoms with Crippen LogP contribution in [0.4, 0.5) is 10.5 Å². The molecule has 1 saturated heterocycles. The highest BCUT2D eigenvalue weighted by Gasteiger charge is 2.17. The van der Waals surface area contributed by atoms with Crippen LogP contribution >= 0.6 is 0 Å². The lowest BCUT2D eigenvalue weighted by Crippen LogP contribution is -2.43. The second-order valence-corrected chi connectivity index (χ2v) is 9.43. The Balaban J connectivity index is 1.27. The standard InChI is InChI=1S/C28H31N7O4/c1-3-38-28(37)29-23-6-4-5-20(17-23)18-35-26(36)12-11-24(31-35)21-7-9-22(10-8-21)27-30-25(39-32-27)19-34-15-13-33(2)14-16-34/h4-12,17H,3,13-16,18-19H2,1-2H3,(H,29,37). The van der Waals surface area contributed by atoms with Crippen LogP contribution in [0.2, 0.25) is 0 Å². The molecule has 11 heteroatoms. The number of carbonyl (C=O) groups excluding carboxylic acids is 1. The number of nitrogens with one attached hydrogen (secondary N) is 1. The average Bonchev–Trinajstić information content (AvgIpc) is 3.40. The highest BCUT2D eigenvalue weighted by atomic mass is 16.5. The minimum Gasteiger partial charge on any atom is -0.450 e. The van der Waals surface area contributed by atoms with E-state index in [0.717, 1.165) is 42.9 Å². The van der Waals surface area contributed by atoms with Crippen LogP contribution in [0.3, 0.4) is 0 Å². The van der Waals surface area contributed by atoms with Crippen LogP contribution in [0.1, 0.15) is 18.4 Å². The molecule has 0 atom stereocenters. The Labute approximate surface area is 226 Å². The number of nitrogens with zero attached hydrogens (tertiary/aromatic N) is 6. The molecule has 4 aromatic rings. The van der Waals surface area contributed by atoms with Gasteiger partial charge in [-0.15, -0.1) is 0 Å². The number of rotatable bonds is 8. The Hall–Kier alpha value is -4.35. The molecule has 202 valence electrons. The Bertz CT molecular complexity index is 1470. The van der Waals surface area contributed by atoms with E-state index in [1.807, 2.05) is 30.3 Å². The van der Waals surface area contributed by atoms with Crippen LogP contribution in [0.5, 0.6) is 0 Å². The van der Waals surface area contributed by atoms with Gasteiger partial charge in [0, 0.05) is 49.1 Å². The largest absolute Gasteiger partial charge is 0.450 e. The highest BCUT2D eigenvalue weighted by Crippen LogP contribution is 2.22. The van der Waals surface area contributed by atoms with E-state index in [9.17, 15) is 9.59 Å². The summed E-state index contributed by atoms with van der Waals surface area (Å²) >= 11 is 0. The van der Waals surface area contributed by atoms with E-state index in [4.69, 9.17) is 9.26 Å². The number of anilines is 1. The Kier molecular flexibility index (Phi) is 8.09. The van der Waals surface area contributed by atoms with E-state index in [2.05, 4.69) is 37.4 Å². The molecular formula is C28H31N7O4. The fourth-order valence-corrected chi connectivity index (χ4v) is 4.35. The lowest BCUT2D eigenvalue weighted by atomic mass is 10.1. The summed E-state index contributed by atoms with van der Waals surface area (Å²) in [5, 5.41) is 11.4. The quantitative estimate of drug-likeness (QED) is 0.367. The van der Waals surface area contributed by atoms with Gasteiger partial charge < -0.3 is 14.2 Å². The third-order valence-corrected chi connectivity index (χ3v) is 6.51. The highest BCUT2D eigenvalue weighted by molar-refractivity contribution is 5.84. The van der Waals surface area contributed by atoms with Gasteiger partial charge in [0.25, 0.3) is 5.56 Å². The number of hydrogen-bond donors (Lipinski definition) is 1. The summed E-state index contributed by atoms with van der Waals surface area (Å²) in [6.45, 7) is 6.94. The number of likely N-dealkylation sites (N-methyl/N-ethyl adjacent to an activating group) is 1. The van der Waals surface area contributed by atoms with Gasteiger partial charge in [-0.05, 0) is 37.7 Å². The van der Waals surface area contributed by atoms with Crippen molar-refractivity contribution in [3.8, 4) is 22.6 Å². The van der Waals surface area contributed by atoms with Crippen LogP contribution in [0, 0.1) is 0 Å². The number of hydrogen-bond acceptors (Lipinski definition) is 9. The second kappa shape index (κ2) is 12.0. The molecule has 39 heavy (non-hydrogen) atoms. The molecule has 0 bridgehead atoms. The molecule has 1 N–H and O–H groups in total. The third kappa shape index (κ3) is 6.75. The molecule has 1 fully saturated rings. The first kappa shape index (κ1) is 26.3. The van der Waals surface area contributed by atoms with E-state index >= 15 is 0 Å². The summed E-state index contributed by atoms with van der Waals surface area (Å²) in [6.07, 6.45) is -0.525. The number of piperazine rings is 1. The second-order valence-electron chi connectivity index (χ2n) is 9.43. The minimum absolute atomic E-state index is 0.223. The molecule has 11 nitrogen and oxygen atoms in total. The number of carbonyl (C=O) groups is 1. The van der Waals surface area contributed by atoms with Crippen molar-refractivity contribution in [2.45, 2.75) is 20.0 Å². The van der Waals surface area contributed by atoms with Crippen LogP contribution in [0.15, 0.2) is 70.0 Å². The maximum absolute atomic E-state index is 12.5. The molecule has 0 saturated carbocycles. The van der Waals surface area contributed by atoms with Crippen LogP contribution in [-0.4, -0.2) is 75.6 Å². The number of aromatic nitrogens is 4. The van der Waals surface area contributed by atoms with E-state index in [-0.39, 0.29) is 18.7 Å². The van der Waals surface area contributed by atoms with Crippen molar-refractivity contribution in [3.63, 3.8) is 0 Å². The summed E-state index contributed by atoms with van der Waals surface area (Å²) < 4.78 is 11.8. The van der Waals surface area contributed by atoms with Gasteiger partial charge in [-0.25, -0.2) is 9.48 Å². The smallest absolute Gasteiger partial charge is 0.411 e. The van der Waals surface area contributed by atoms with Gasteiger partial charge in [-0.3, -0.25) is 15.0 Å². The number of benzene rings is 2. The van der Waals surface area contributed by atoms with Crippen molar-refractivity contribution >= 4 is 11.8 Å². The number of ether oxygens (including phenoxy) is 1. The van der Waals surface area contributed by atoms with Crippen molar-refractivity contribution < 1.29 is 14.1 Å². The van der Waals surface area contributed by atoms with Crippen molar-refractivity contribution in [2.75, 3.05) is 45.2 Å². The van der Waals surface area contributed by atoms with E-state index in [1.54, 1.807) is 31.2 Å². The average molecular weight is 530 g/mol. The molecule has 3 heterocycles. The van der Waals surface area contributed by atoms with Crippen molar-refractivity contribution in [1.29, 1.82) is 0 Å². The van der Waals surface area contributed by atoms with E-state index in [0.29, 0.717) is 29.6 Å². The third-order valence-electron chi connectivity index (χ3n) is 6.51. The first-order chi connectivity index (χ1) is 19.0. The van der Waals surface area contributed by atoms with Crippen LogP contribution in [-0.2, 0) is 17.8 Å². The van der Waals surface area contributed by atoms with Gasteiger partial charge >= 0.3 is 6.09 Å². The maximum atomic E-state index is 12.5. The molecule has 0 radical (unpaired) electrons. The monoisotopic (exact) mass is 529 g/mol. The topological polar surface area (TPSA) is 119 Å². The molecule has 1 amide bonds. The van der Waals surface area contributed by atoms with Crippen molar-refractivity contribution in [3.05, 3.63) is 82.5 Å². The van der Waals surface area contributed by atoms with Gasteiger partial charge in [0.05, 0.1) is 25.4 Å². The SMILES string of the molecule is CCOC(=O)Nc1cccc(Cn2nc(-c3ccc(-c4noc(CN5CCN(C)CC5)n4)cc3)ccc2=O)c1. The Morgan fingerprint density at radius 3 is 2.54 bits per heavy atom. The molecule has 0 aliphatic carbocycles. The summed E-state index contributed by atoms with van der Waals surface area (Å²) in [4.78, 5) is 33.5. The first-order valence-corrected chi connectivity index (χ1v) is 12.9. The predicted molar refractivity (Wildman–Crippen MR) is 146 cm³/mol. The van der Waals surface area contributed by atoms with Crippen LogP contribution in [0.25, 0.3) is 22.6 Å². The van der Waals surface area contributed by atoms with Crippen molar-refractivity contribution in [2.24, 2.45) is 0 Å². The predicted octanol–water partition coefficient (Wildman–Crippen LogP) is 3.32. The lowest BCUT2D eigenvalue weighted by molar-refractivity contribution is 0.135. The first-order valence-electron chi connectivity index (χ1n) is 12.9. The summed E-state index contributed by atoms with van der Waals surface area (Å²) in [5.74, 6) is 1.15.